The van der Waals surface area contributed by atoms with E-state index >= 15 is 0 Å². The number of rotatable bonds is 4. The molecule has 0 saturated heterocycles. The molecular weight excluding hydrogens is 302 g/mol. The van der Waals surface area contributed by atoms with Crippen LogP contribution in [0.1, 0.15) is 21.5 Å². The quantitative estimate of drug-likeness (QED) is 0.910. The van der Waals surface area contributed by atoms with Crippen LogP contribution >= 0.6 is 0 Å². The topological polar surface area (TPSA) is 58.2 Å². The third kappa shape index (κ3) is 3.91. The van der Waals surface area contributed by atoms with Crippen molar-refractivity contribution in [2.45, 2.75) is 13.8 Å². The van der Waals surface area contributed by atoms with Crippen molar-refractivity contribution in [3.05, 3.63) is 64.7 Å². The predicted molar refractivity (Wildman–Crippen MR) is 83.2 cm³/mol. The molecule has 0 aliphatic heterocycles. The Morgan fingerprint density at radius 1 is 0.957 bits per heavy atom. The molecule has 6 heteroatoms. The molecule has 2 aromatic rings. The second-order valence-electron chi connectivity index (χ2n) is 5.09. The summed E-state index contributed by atoms with van der Waals surface area (Å²) in [5, 5.41) is 4.88. The lowest BCUT2D eigenvalue weighted by atomic mass is 10.1. The highest BCUT2D eigenvalue weighted by Crippen LogP contribution is 2.19. The van der Waals surface area contributed by atoms with Crippen molar-refractivity contribution >= 4 is 17.5 Å². The molecule has 2 N–H and O–H groups in total. The fourth-order valence-electron chi connectivity index (χ4n) is 2.16. The van der Waals surface area contributed by atoms with E-state index in [0.717, 1.165) is 29.3 Å². The highest BCUT2D eigenvalue weighted by atomic mass is 19.1. The lowest BCUT2D eigenvalue weighted by Gasteiger charge is -2.12. The van der Waals surface area contributed by atoms with E-state index < -0.39 is 29.0 Å². The van der Waals surface area contributed by atoms with E-state index in [1.54, 1.807) is 0 Å². The standard InChI is InChI=1S/C17H16F2N2O2/c1-10-5-3-6-11(2)16(10)21-14(22)9-20-17(23)15-12(18)7-4-8-13(15)19/h3-8H,9H2,1-2H3,(H,20,23)(H,21,22). The first-order valence-electron chi connectivity index (χ1n) is 6.98. The van der Waals surface area contributed by atoms with Crippen molar-refractivity contribution in [1.29, 1.82) is 0 Å². The summed E-state index contributed by atoms with van der Waals surface area (Å²) >= 11 is 0. The number of benzene rings is 2. The predicted octanol–water partition coefficient (Wildman–Crippen LogP) is 2.95. The van der Waals surface area contributed by atoms with Gasteiger partial charge in [0.05, 0.1) is 6.54 Å². The van der Waals surface area contributed by atoms with Crippen LogP contribution < -0.4 is 10.6 Å². The Bertz CT molecular complexity index is 720. The average Bonchev–Trinajstić information content (AvgIpc) is 2.49. The van der Waals surface area contributed by atoms with Crippen LogP contribution in [0.3, 0.4) is 0 Å². The molecule has 0 heterocycles. The first kappa shape index (κ1) is 16.6. The molecule has 0 unspecified atom stereocenters. The Labute approximate surface area is 132 Å². The van der Waals surface area contributed by atoms with E-state index in [0.29, 0.717) is 5.69 Å². The minimum Gasteiger partial charge on any atom is -0.343 e. The number of carbonyl (C=O) groups is 2. The number of para-hydroxylation sites is 1. The maximum Gasteiger partial charge on any atom is 0.257 e. The summed E-state index contributed by atoms with van der Waals surface area (Å²) < 4.78 is 27.0. The first-order chi connectivity index (χ1) is 10.9. The fourth-order valence-corrected chi connectivity index (χ4v) is 2.16. The molecule has 0 bridgehead atoms. The number of hydrogen-bond acceptors (Lipinski definition) is 2. The molecule has 23 heavy (non-hydrogen) atoms. The van der Waals surface area contributed by atoms with Gasteiger partial charge in [0.25, 0.3) is 5.91 Å². The van der Waals surface area contributed by atoms with Gasteiger partial charge in [-0.2, -0.15) is 0 Å². The van der Waals surface area contributed by atoms with Crippen molar-refractivity contribution < 1.29 is 18.4 Å². The maximum atomic E-state index is 13.5. The molecule has 2 rings (SSSR count). The second kappa shape index (κ2) is 7.00. The molecule has 2 aromatic carbocycles. The van der Waals surface area contributed by atoms with Crippen LogP contribution in [0, 0.1) is 25.5 Å². The molecule has 0 atom stereocenters. The Balaban J connectivity index is 2.01. The summed E-state index contributed by atoms with van der Waals surface area (Å²) in [6.45, 7) is 3.30. The number of nitrogens with one attached hydrogen (secondary N) is 2. The zero-order valence-corrected chi connectivity index (χ0v) is 12.7. The second-order valence-corrected chi connectivity index (χ2v) is 5.09. The lowest BCUT2D eigenvalue weighted by molar-refractivity contribution is -0.115. The summed E-state index contributed by atoms with van der Waals surface area (Å²) in [6, 6.07) is 8.67. The third-order valence-electron chi connectivity index (χ3n) is 3.34. The molecule has 0 saturated carbocycles. The zero-order chi connectivity index (χ0) is 17.0. The van der Waals surface area contributed by atoms with Gasteiger partial charge in [0, 0.05) is 5.69 Å². The maximum absolute atomic E-state index is 13.5. The van der Waals surface area contributed by atoms with Gasteiger partial charge in [-0.1, -0.05) is 24.3 Å². The third-order valence-corrected chi connectivity index (χ3v) is 3.34. The molecule has 2 amide bonds. The van der Waals surface area contributed by atoms with Gasteiger partial charge in [0.2, 0.25) is 5.91 Å². The van der Waals surface area contributed by atoms with E-state index in [1.807, 2.05) is 32.0 Å². The fraction of sp³-hybridized carbons (Fsp3) is 0.176. The van der Waals surface area contributed by atoms with Gasteiger partial charge in [-0.15, -0.1) is 0 Å². The first-order valence-corrected chi connectivity index (χ1v) is 6.98. The minimum absolute atomic E-state index is 0.389. The Hall–Kier alpha value is -2.76. The molecule has 0 aliphatic carbocycles. The highest BCUT2D eigenvalue weighted by Gasteiger charge is 2.17. The average molecular weight is 318 g/mol. The van der Waals surface area contributed by atoms with E-state index in [9.17, 15) is 18.4 Å². The van der Waals surface area contributed by atoms with E-state index in [4.69, 9.17) is 0 Å². The Morgan fingerprint density at radius 3 is 2.04 bits per heavy atom. The summed E-state index contributed by atoms with van der Waals surface area (Å²) in [6.07, 6.45) is 0. The molecule has 0 aliphatic rings. The zero-order valence-electron chi connectivity index (χ0n) is 12.7. The van der Waals surface area contributed by atoms with Crippen LogP contribution in [-0.2, 0) is 4.79 Å². The Morgan fingerprint density at radius 2 is 1.48 bits per heavy atom. The van der Waals surface area contributed by atoms with Crippen molar-refractivity contribution in [1.82, 2.24) is 5.32 Å². The van der Waals surface area contributed by atoms with Crippen molar-refractivity contribution in [3.8, 4) is 0 Å². The van der Waals surface area contributed by atoms with Crippen LogP contribution in [0.2, 0.25) is 0 Å². The van der Waals surface area contributed by atoms with E-state index in [-0.39, 0.29) is 6.54 Å². The highest BCUT2D eigenvalue weighted by molar-refractivity contribution is 6.00. The molecule has 0 fully saturated rings. The van der Waals surface area contributed by atoms with Gasteiger partial charge >= 0.3 is 0 Å². The molecule has 0 radical (unpaired) electrons. The summed E-state index contributed by atoms with van der Waals surface area (Å²) in [5.74, 6) is -3.40. The van der Waals surface area contributed by atoms with Gasteiger partial charge in [-0.05, 0) is 37.1 Å². The monoisotopic (exact) mass is 318 g/mol. The van der Waals surface area contributed by atoms with Crippen molar-refractivity contribution in [3.63, 3.8) is 0 Å². The molecule has 0 spiro atoms. The molecule has 0 aromatic heterocycles. The number of anilines is 1. The number of halogens is 2. The van der Waals surface area contributed by atoms with Gasteiger partial charge in [0.15, 0.2) is 0 Å². The van der Waals surface area contributed by atoms with Gasteiger partial charge in [-0.25, -0.2) is 8.78 Å². The largest absolute Gasteiger partial charge is 0.343 e. The smallest absolute Gasteiger partial charge is 0.257 e. The number of hydrogen-bond donors (Lipinski definition) is 2. The molecule has 4 nitrogen and oxygen atoms in total. The molecular formula is C17H16F2N2O2. The van der Waals surface area contributed by atoms with Gasteiger partial charge < -0.3 is 10.6 Å². The molecule has 120 valence electrons. The van der Waals surface area contributed by atoms with Crippen LogP contribution in [-0.4, -0.2) is 18.4 Å². The van der Waals surface area contributed by atoms with Crippen LogP contribution in [0.25, 0.3) is 0 Å². The SMILES string of the molecule is Cc1cccc(C)c1NC(=O)CNC(=O)c1c(F)cccc1F. The number of carbonyl (C=O) groups excluding carboxylic acids is 2. The number of aryl methyl sites for hydroxylation is 2. The Kier molecular flexibility index (Phi) is 5.05. The summed E-state index contributed by atoms with van der Waals surface area (Å²) in [7, 11) is 0. The van der Waals surface area contributed by atoms with E-state index in [1.165, 1.54) is 0 Å². The van der Waals surface area contributed by atoms with Crippen LogP contribution in [0.15, 0.2) is 36.4 Å². The van der Waals surface area contributed by atoms with Gasteiger partial charge in [-0.3, -0.25) is 9.59 Å². The van der Waals surface area contributed by atoms with E-state index in [2.05, 4.69) is 10.6 Å². The van der Waals surface area contributed by atoms with Crippen molar-refractivity contribution in [2.75, 3.05) is 11.9 Å². The number of amides is 2. The van der Waals surface area contributed by atoms with Crippen LogP contribution in [0.4, 0.5) is 14.5 Å². The van der Waals surface area contributed by atoms with Gasteiger partial charge in [0.1, 0.15) is 17.2 Å². The summed E-state index contributed by atoms with van der Waals surface area (Å²) in [5.41, 5.74) is 1.71. The lowest BCUT2D eigenvalue weighted by Crippen LogP contribution is -2.34. The summed E-state index contributed by atoms with van der Waals surface area (Å²) in [4.78, 5) is 23.7. The van der Waals surface area contributed by atoms with Crippen LogP contribution in [0.5, 0.6) is 0 Å². The minimum atomic E-state index is -0.975. The normalized spacial score (nSPS) is 10.3. The van der Waals surface area contributed by atoms with Crippen molar-refractivity contribution in [2.24, 2.45) is 0 Å².